The Morgan fingerprint density at radius 1 is 1.14 bits per heavy atom. The number of hydrogen-bond acceptors (Lipinski definition) is 5. The van der Waals surface area contributed by atoms with E-state index in [1.807, 2.05) is 0 Å². The molecule has 0 saturated carbocycles. The third-order valence-electron chi connectivity index (χ3n) is 3.06. The molecule has 2 aromatic carbocycles. The topological polar surface area (TPSA) is 95.9 Å². The standard InChI is InChI=1S/C15H17NO5S/c1-21-15-7-4-12(18)10-14(15)11-2-5-13(6-3-11)22(19,20)16-8-9-17/h2-7,10,16-18H,8-9H2,1H3. The average Bonchev–Trinajstić information content (AvgIpc) is 2.53. The average molecular weight is 323 g/mol. The monoisotopic (exact) mass is 323 g/mol. The molecule has 0 amide bonds. The van der Waals surface area contributed by atoms with Gasteiger partial charge in [0.2, 0.25) is 10.0 Å². The lowest BCUT2D eigenvalue weighted by Gasteiger charge is -2.10. The summed E-state index contributed by atoms with van der Waals surface area (Å²) in [7, 11) is -2.11. The van der Waals surface area contributed by atoms with Gasteiger partial charge in [0.25, 0.3) is 0 Å². The second-order valence-corrected chi connectivity index (χ2v) is 6.30. The molecule has 22 heavy (non-hydrogen) atoms. The third-order valence-corrected chi connectivity index (χ3v) is 4.54. The summed E-state index contributed by atoms with van der Waals surface area (Å²) >= 11 is 0. The van der Waals surface area contributed by atoms with Crippen LogP contribution in [-0.2, 0) is 10.0 Å². The Hall–Kier alpha value is -2.09. The van der Waals surface area contributed by atoms with Crippen molar-refractivity contribution in [2.24, 2.45) is 0 Å². The van der Waals surface area contributed by atoms with Crippen molar-refractivity contribution in [2.75, 3.05) is 20.3 Å². The molecule has 0 spiro atoms. The number of hydrogen-bond donors (Lipinski definition) is 3. The normalized spacial score (nSPS) is 11.4. The zero-order valence-electron chi connectivity index (χ0n) is 12.0. The first-order valence-corrected chi connectivity index (χ1v) is 8.04. The summed E-state index contributed by atoms with van der Waals surface area (Å²) in [5.41, 5.74) is 1.38. The molecule has 0 aliphatic heterocycles. The van der Waals surface area contributed by atoms with E-state index < -0.39 is 10.0 Å². The molecule has 118 valence electrons. The van der Waals surface area contributed by atoms with Crippen LogP contribution in [0.3, 0.4) is 0 Å². The fourth-order valence-corrected chi connectivity index (χ4v) is 3.02. The number of phenolic OH excluding ortho intramolecular Hbond substituents is 1. The number of ether oxygens (including phenoxy) is 1. The zero-order chi connectivity index (χ0) is 16.2. The molecule has 2 aromatic rings. The van der Waals surface area contributed by atoms with Crippen molar-refractivity contribution in [3.05, 3.63) is 42.5 Å². The van der Waals surface area contributed by atoms with Crippen LogP contribution in [0.25, 0.3) is 11.1 Å². The van der Waals surface area contributed by atoms with Crippen molar-refractivity contribution >= 4 is 10.0 Å². The number of nitrogens with one attached hydrogen (secondary N) is 1. The van der Waals surface area contributed by atoms with Gasteiger partial charge < -0.3 is 14.9 Å². The largest absolute Gasteiger partial charge is 0.508 e. The van der Waals surface area contributed by atoms with Crippen LogP contribution in [0.15, 0.2) is 47.4 Å². The number of phenols is 1. The number of aromatic hydroxyl groups is 1. The van der Waals surface area contributed by atoms with Gasteiger partial charge >= 0.3 is 0 Å². The maximum Gasteiger partial charge on any atom is 0.240 e. The number of aliphatic hydroxyl groups excluding tert-OH is 1. The molecule has 0 bridgehead atoms. The minimum Gasteiger partial charge on any atom is -0.508 e. The molecule has 0 aliphatic carbocycles. The molecule has 0 aromatic heterocycles. The highest BCUT2D eigenvalue weighted by Crippen LogP contribution is 2.33. The summed E-state index contributed by atoms with van der Waals surface area (Å²) in [6.45, 7) is -0.303. The predicted octanol–water partition coefficient (Wildman–Crippen LogP) is 1.34. The van der Waals surface area contributed by atoms with E-state index in [2.05, 4.69) is 4.72 Å². The molecule has 0 heterocycles. The van der Waals surface area contributed by atoms with Crippen LogP contribution in [-0.4, -0.2) is 38.9 Å². The molecule has 0 aliphatic rings. The summed E-state index contributed by atoms with van der Waals surface area (Å²) in [4.78, 5) is 0.101. The fraction of sp³-hybridized carbons (Fsp3) is 0.200. The van der Waals surface area contributed by atoms with Crippen LogP contribution >= 0.6 is 0 Å². The van der Waals surface area contributed by atoms with Gasteiger partial charge in [0.15, 0.2) is 0 Å². The van der Waals surface area contributed by atoms with Crippen molar-refractivity contribution in [2.45, 2.75) is 4.90 Å². The summed E-state index contributed by atoms with van der Waals surface area (Å²) in [5, 5.41) is 18.3. The van der Waals surface area contributed by atoms with Gasteiger partial charge in [0, 0.05) is 12.1 Å². The van der Waals surface area contributed by atoms with E-state index in [1.165, 1.54) is 25.3 Å². The van der Waals surface area contributed by atoms with E-state index >= 15 is 0 Å². The molecule has 3 N–H and O–H groups in total. The summed E-state index contributed by atoms with van der Waals surface area (Å²) in [6.07, 6.45) is 0. The maximum atomic E-state index is 11.9. The number of benzene rings is 2. The van der Waals surface area contributed by atoms with E-state index in [-0.39, 0.29) is 23.8 Å². The number of rotatable bonds is 6. The Morgan fingerprint density at radius 3 is 2.41 bits per heavy atom. The molecule has 2 rings (SSSR count). The van der Waals surface area contributed by atoms with Gasteiger partial charge in [-0.1, -0.05) is 12.1 Å². The van der Waals surface area contributed by atoms with Crippen molar-refractivity contribution in [3.8, 4) is 22.6 Å². The number of methoxy groups -OCH3 is 1. The van der Waals surface area contributed by atoms with Crippen molar-refractivity contribution in [3.63, 3.8) is 0 Å². The maximum absolute atomic E-state index is 11.9. The number of aliphatic hydroxyl groups is 1. The van der Waals surface area contributed by atoms with Crippen LogP contribution in [0.2, 0.25) is 0 Å². The highest BCUT2D eigenvalue weighted by atomic mass is 32.2. The SMILES string of the molecule is COc1ccc(O)cc1-c1ccc(S(=O)(=O)NCCO)cc1. The minimum absolute atomic E-state index is 0.0372. The van der Waals surface area contributed by atoms with E-state index in [9.17, 15) is 13.5 Å². The quantitative estimate of drug-likeness (QED) is 0.745. The summed E-state index contributed by atoms with van der Waals surface area (Å²) in [5.74, 6) is 0.670. The molecule has 0 saturated heterocycles. The molecule has 7 heteroatoms. The molecule has 6 nitrogen and oxygen atoms in total. The highest BCUT2D eigenvalue weighted by Gasteiger charge is 2.14. The molecule has 0 atom stereocenters. The Morgan fingerprint density at radius 2 is 1.82 bits per heavy atom. The van der Waals surface area contributed by atoms with Gasteiger partial charge in [-0.05, 0) is 35.9 Å². The molecule has 0 unspecified atom stereocenters. The van der Waals surface area contributed by atoms with Gasteiger partial charge in [0.05, 0.1) is 18.6 Å². The second kappa shape index (κ2) is 6.78. The van der Waals surface area contributed by atoms with Gasteiger partial charge in [-0.15, -0.1) is 0 Å². The van der Waals surface area contributed by atoms with Crippen LogP contribution in [0.1, 0.15) is 0 Å². The van der Waals surface area contributed by atoms with Gasteiger partial charge in [0.1, 0.15) is 11.5 Å². The lowest BCUT2D eigenvalue weighted by Crippen LogP contribution is -2.26. The number of sulfonamides is 1. The molecular weight excluding hydrogens is 306 g/mol. The van der Waals surface area contributed by atoms with Gasteiger partial charge in [-0.25, -0.2) is 13.1 Å². The van der Waals surface area contributed by atoms with Crippen molar-refractivity contribution in [1.29, 1.82) is 0 Å². The lowest BCUT2D eigenvalue weighted by atomic mass is 10.0. The summed E-state index contributed by atoms with van der Waals surface area (Å²) < 4.78 is 31.4. The Balaban J connectivity index is 2.35. The van der Waals surface area contributed by atoms with Crippen molar-refractivity contribution in [1.82, 2.24) is 4.72 Å². The smallest absolute Gasteiger partial charge is 0.240 e. The Labute approximate surface area is 129 Å². The summed E-state index contributed by atoms with van der Waals surface area (Å²) in [6, 6.07) is 10.9. The molecule has 0 fully saturated rings. The Bertz CT molecular complexity index is 741. The van der Waals surface area contributed by atoms with E-state index in [0.29, 0.717) is 16.9 Å². The van der Waals surface area contributed by atoms with Gasteiger partial charge in [-0.3, -0.25) is 0 Å². The lowest BCUT2D eigenvalue weighted by molar-refractivity contribution is 0.301. The van der Waals surface area contributed by atoms with Gasteiger partial charge in [-0.2, -0.15) is 0 Å². The van der Waals surface area contributed by atoms with Crippen LogP contribution in [0.4, 0.5) is 0 Å². The van der Waals surface area contributed by atoms with Crippen LogP contribution in [0.5, 0.6) is 11.5 Å². The first-order chi connectivity index (χ1) is 10.5. The first kappa shape index (κ1) is 16.3. The predicted molar refractivity (Wildman–Crippen MR) is 82.4 cm³/mol. The van der Waals surface area contributed by atoms with E-state index in [4.69, 9.17) is 9.84 Å². The van der Waals surface area contributed by atoms with E-state index in [0.717, 1.165) is 0 Å². The van der Waals surface area contributed by atoms with E-state index in [1.54, 1.807) is 24.3 Å². The Kier molecular flexibility index (Phi) is 5.02. The molecule has 0 radical (unpaired) electrons. The van der Waals surface area contributed by atoms with Crippen molar-refractivity contribution < 1.29 is 23.4 Å². The van der Waals surface area contributed by atoms with Crippen LogP contribution in [0, 0.1) is 0 Å². The minimum atomic E-state index is -3.64. The highest BCUT2D eigenvalue weighted by molar-refractivity contribution is 7.89. The fourth-order valence-electron chi connectivity index (χ4n) is 2.00. The first-order valence-electron chi connectivity index (χ1n) is 6.56. The van der Waals surface area contributed by atoms with Crippen LogP contribution < -0.4 is 9.46 Å². The zero-order valence-corrected chi connectivity index (χ0v) is 12.8. The third kappa shape index (κ3) is 3.56. The second-order valence-electron chi connectivity index (χ2n) is 4.53. The molecular formula is C15H17NO5S.